The van der Waals surface area contributed by atoms with Crippen LogP contribution in [0.5, 0.6) is 5.75 Å². The smallest absolute Gasteiger partial charge is 0.172 e. The van der Waals surface area contributed by atoms with Gasteiger partial charge in [0.25, 0.3) is 0 Å². The number of carbonyl (C=O) groups is 1. The lowest BCUT2D eigenvalue weighted by atomic mass is 9.82. The maximum absolute atomic E-state index is 13.8. The van der Waals surface area contributed by atoms with Gasteiger partial charge in [-0.25, -0.2) is 4.39 Å². The van der Waals surface area contributed by atoms with Crippen molar-refractivity contribution in [2.45, 2.75) is 25.2 Å². The van der Waals surface area contributed by atoms with Gasteiger partial charge in [0.05, 0.1) is 18.7 Å². The third-order valence-electron chi connectivity index (χ3n) is 3.95. The van der Waals surface area contributed by atoms with Gasteiger partial charge in [-0.15, -0.1) is 0 Å². The minimum Gasteiger partial charge on any atom is -0.494 e. The number of benzene rings is 1. The molecule has 2 aromatic rings. The van der Waals surface area contributed by atoms with E-state index >= 15 is 0 Å². The number of ketones is 1. The minimum absolute atomic E-state index is 0.0730. The Labute approximate surface area is 122 Å². The van der Waals surface area contributed by atoms with Gasteiger partial charge in [0.15, 0.2) is 17.3 Å². The van der Waals surface area contributed by atoms with E-state index in [0.29, 0.717) is 5.56 Å². The van der Waals surface area contributed by atoms with Crippen molar-refractivity contribution in [2.75, 3.05) is 7.11 Å². The molecule has 0 spiro atoms. The predicted octanol–water partition coefficient (Wildman–Crippen LogP) is 3.53. The molecule has 108 valence electrons. The largest absolute Gasteiger partial charge is 0.494 e. The fourth-order valence-corrected chi connectivity index (χ4v) is 2.89. The summed E-state index contributed by atoms with van der Waals surface area (Å²) in [6.07, 6.45) is 4.37. The summed E-state index contributed by atoms with van der Waals surface area (Å²) in [4.78, 5) is 17.0. The standard InChI is InChI=1S/C17H16FNO2/c1-21-15-8-7-12(10-14(15)18)17(20)13-6-2-4-11-5-3-9-19-16(11)13/h3,5,7-10,13H,2,4,6H2,1H3. The highest BCUT2D eigenvalue weighted by Crippen LogP contribution is 2.33. The third-order valence-corrected chi connectivity index (χ3v) is 3.95. The monoisotopic (exact) mass is 285 g/mol. The molecule has 0 fully saturated rings. The summed E-state index contributed by atoms with van der Waals surface area (Å²) in [7, 11) is 1.40. The van der Waals surface area contributed by atoms with Crippen molar-refractivity contribution in [3.63, 3.8) is 0 Å². The van der Waals surface area contributed by atoms with Crippen LogP contribution in [0.4, 0.5) is 4.39 Å². The van der Waals surface area contributed by atoms with Crippen LogP contribution < -0.4 is 4.74 Å². The molecule has 1 aliphatic carbocycles. The first-order valence-electron chi connectivity index (χ1n) is 7.02. The van der Waals surface area contributed by atoms with Crippen LogP contribution >= 0.6 is 0 Å². The minimum atomic E-state index is -0.514. The van der Waals surface area contributed by atoms with Gasteiger partial charge in [0.2, 0.25) is 0 Å². The normalized spacial score (nSPS) is 17.1. The number of nitrogens with zero attached hydrogens (tertiary/aromatic N) is 1. The number of rotatable bonds is 3. The van der Waals surface area contributed by atoms with Crippen LogP contribution in [0.3, 0.4) is 0 Å². The van der Waals surface area contributed by atoms with Gasteiger partial charge in [0.1, 0.15) is 0 Å². The number of Topliss-reactive ketones (excluding diaryl/α,β-unsaturated/α-hetero) is 1. The second-order valence-corrected chi connectivity index (χ2v) is 5.21. The van der Waals surface area contributed by atoms with Crippen LogP contribution in [0.2, 0.25) is 0 Å². The number of aryl methyl sites for hydroxylation is 1. The molecule has 1 aromatic heterocycles. The second kappa shape index (κ2) is 5.64. The van der Waals surface area contributed by atoms with Crippen LogP contribution in [0, 0.1) is 5.82 Å². The van der Waals surface area contributed by atoms with Crippen LogP contribution in [0.25, 0.3) is 0 Å². The van der Waals surface area contributed by atoms with Gasteiger partial charge in [-0.3, -0.25) is 9.78 Å². The quantitative estimate of drug-likeness (QED) is 0.810. The van der Waals surface area contributed by atoms with Crippen LogP contribution in [0.15, 0.2) is 36.5 Å². The lowest BCUT2D eigenvalue weighted by Gasteiger charge is -2.23. The maximum Gasteiger partial charge on any atom is 0.172 e. The molecular weight excluding hydrogens is 269 g/mol. The molecule has 4 heteroatoms. The highest BCUT2D eigenvalue weighted by atomic mass is 19.1. The van der Waals surface area contributed by atoms with E-state index in [0.717, 1.165) is 30.5 Å². The van der Waals surface area contributed by atoms with E-state index in [9.17, 15) is 9.18 Å². The zero-order chi connectivity index (χ0) is 14.8. The van der Waals surface area contributed by atoms with Crippen molar-refractivity contribution in [1.82, 2.24) is 4.98 Å². The summed E-state index contributed by atoms with van der Waals surface area (Å²) in [6, 6.07) is 8.25. The predicted molar refractivity (Wildman–Crippen MR) is 77.2 cm³/mol. The van der Waals surface area contributed by atoms with E-state index in [-0.39, 0.29) is 17.5 Å². The number of aromatic nitrogens is 1. The summed E-state index contributed by atoms with van der Waals surface area (Å²) in [6.45, 7) is 0. The Balaban J connectivity index is 1.95. The first-order chi connectivity index (χ1) is 10.2. The molecule has 0 bridgehead atoms. The fraction of sp³-hybridized carbons (Fsp3) is 0.294. The van der Waals surface area contributed by atoms with Gasteiger partial charge >= 0.3 is 0 Å². The third kappa shape index (κ3) is 2.53. The SMILES string of the molecule is COc1ccc(C(=O)C2CCCc3cccnc32)cc1F. The average Bonchev–Trinajstić information content (AvgIpc) is 2.53. The molecule has 0 radical (unpaired) electrons. The van der Waals surface area contributed by atoms with Gasteiger partial charge in [0, 0.05) is 11.8 Å². The highest BCUT2D eigenvalue weighted by Gasteiger charge is 2.28. The topological polar surface area (TPSA) is 39.2 Å². The maximum atomic E-state index is 13.8. The van der Waals surface area contributed by atoms with Crippen LogP contribution in [-0.2, 0) is 6.42 Å². The first-order valence-corrected chi connectivity index (χ1v) is 7.02. The van der Waals surface area contributed by atoms with E-state index in [1.807, 2.05) is 12.1 Å². The van der Waals surface area contributed by atoms with Crippen molar-refractivity contribution in [3.05, 3.63) is 59.2 Å². The number of halogens is 1. The highest BCUT2D eigenvalue weighted by molar-refractivity contribution is 6.01. The number of pyridine rings is 1. The van der Waals surface area contributed by atoms with E-state index in [2.05, 4.69) is 4.98 Å². The molecule has 0 saturated heterocycles. The molecule has 0 amide bonds. The number of carbonyl (C=O) groups excluding carboxylic acids is 1. The van der Waals surface area contributed by atoms with Gasteiger partial charge in [-0.05, 0) is 49.1 Å². The second-order valence-electron chi connectivity index (χ2n) is 5.21. The molecular formula is C17H16FNO2. The average molecular weight is 285 g/mol. The Hall–Kier alpha value is -2.23. The van der Waals surface area contributed by atoms with Crippen molar-refractivity contribution in [2.24, 2.45) is 0 Å². The number of fused-ring (bicyclic) bond motifs is 1. The summed E-state index contributed by atoms with van der Waals surface area (Å²) < 4.78 is 18.7. The van der Waals surface area contributed by atoms with Gasteiger partial charge in [-0.1, -0.05) is 6.07 Å². The summed E-state index contributed by atoms with van der Waals surface area (Å²) in [5, 5.41) is 0. The Bertz CT molecular complexity index is 684. The Morgan fingerprint density at radius 1 is 1.38 bits per heavy atom. The van der Waals surface area contributed by atoms with E-state index in [1.54, 1.807) is 12.3 Å². The fourth-order valence-electron chi connectivity index (χ4n) is 2.89. The van der Waals surface area contributed by atoms with Gasteiger partial charge < -0.3 is 4.74 Å². The molecule has 1 aliphatic rings. The molecule has 0 saturated carbocycles. The van der Waals surface area contributed by atoms with Crippen molar-refractivity contribution in [1.29, 1.82) is 0 Å². The summed E-state index contributed by atoms with van der Waals surface area (Å²) >= 11 is 0. The van der Waals surface area contributed by atoms with Gasteiger partial charge in [-0.2, -0.15) is 0 Å². The van der Waals surface area contributed by atoms with E-state index in [4.69, 9.17) is 4.74 Å². The van der Waals surface area contributed by atoms with Crippen LogP contribution in [-0.4, -0.2) is 17.9 Å². The molecule has 1 unspecified atom stereocenters. The molecule has 21 heavy (non-hydrogen) atoms. The van der Waals surface area contributed by atoms with E-state index in [1.165, 1.54) is 19.2 Å². The molecule has 1 aromatic carbocycles. The summed E-state index contributed by atoms with van der Waals surface area (Å²) in [5.41, 5.74) is 2.33. The van der Waals surface area contributed by atoms with Crippen molar-refractivity contribution in [3.8, 4) is 5.75 Å². The number of methoxy groups -OCH3 is 1. The molecule has 0 N–H and O–H groups in total. The number of hydrogen-bond donors (Lipinski definition) is 0. The molecule has 1 heterocycles. The number of hydrogen-bond acceptors (Lipinski definition) is 3. The summed E-state index contributed by atoms with van der Waals surface area (Å²) in [5.74, 6) is -0.715. The molecule has 1 atom stereocenters. The molecule has 3 nitrogen and oxygen atoms in total. The Morgan fingerprint density at radius 3 is 3.00 bits per heavy atom. The van der Waals surface area contributed by atoms with E-state index < -0.39 is 5.82 Å². The zero-order valence-corrected chi connectivity index (χ0v) is 11.8. The van der Waals surface area contributed by atoms with Crippen molar-refractivity contribution >= 4 is 5.78 Å². The Morgan fingerprint density at radius 2 is 2.24 bits per heavy atom. The lowest BCUT2D eigenvalue weighted by Crippen LogP contribution is -2.20. The lowest BCUT2D eigenvalue weighted by molar-refractivity contribution is 0.0948. The molecule has 3 rings (SSSR count). The Kier molecular flexibility index (Phi) is 3.69. The van der Waals surface area contributed by atoms with Crippen LogP contribution in [0.1, 0.15) is 40.4 Å². The number of ether oxygens (including phenoxy) is 1. The van der Waals surface area contributed by atoms with Crippen molar-refractivity contribution < 1.29 is 13.9 Å². The molecule has 0 aliphatic heterocycles. The zero-order valence-electron chi connectivity index (χ0n) is 11.8. The first kappa shape index (κ1) is 13.7.